The zero-order valence-electron chi connectivity index (χ0n) is 6.98. The molecule has 0 fully saturated rings. The Labute approximate surface area is 84.1 Å². The molecule has 1 heterocycles. The summed E-state index contributed by atoms with van der Waals surface area (Å²) in [4.78, 5) is 2.95. The van der Waals surface area contributed by atoms with Gasteiger partial charge in [0.15, 0.2) is 0 Å². The van der Waals surface area contributed by atoms with Gasteiger partial charge in [-0.15, -0.1) is 0 Å². The van der Waals surface area contributed by atoms with Crippen LogP contribution in [-0.2, 0) is 6.42 Å². The predicted molar refractivity (Wildman–Crippen MR) is 55.8 cm³/mol. The zero-order chi connectivity index (χ0) is 9.26. The molecule has 13 heavy (non-hydrogen) atoms. The summed E-state index contributed by atoms with van der Waals surface area (Å²) in [6.45, 7) is 0. The fourth-order valence-corrected chi connectivity index (χ4v) is 1.91. The molecule has 2 rings (SSSR count). The maximum absolute atomic E-state index is 13.2. The molecule has 0 bridgehead atoms. The number of rotatable bonds is 2. The average molecular weight is 242 g/mol. The summed E-state index contributed by atoms with van der Waals surface area (Å²) in [5.41, 5.74) is 1.77. The third kappa shape index (κ3) is 1.48. The SMILES string of the molecule is Fc1cccc2c(CCBr)c[nH]c12. The minimum Gasteiger partial charge on any atom is -0.359 e. The van der Waals surface area contributed by atoms with Gasteiger partial charge in [-0.05, 0) is 18.1 Å². The van der Waals surface area contributed by atoms with Crippen LogP contribution < -0.4 is 0 Å². The average Bonchev–Trinajstić information content (AvgIpc) is 2.51. The Morgan fingerprint density at radius 2 is 2.23 bits per heavy atom. The summed E-state index contributed by atoms with van der Waals surface area (Å²) >= 11 is 3.37. The first-order valence-corrected chi connectivity index (χ1v) is 5.25. The normalized spacial score (nSPS) is 10.9. The van der Waals surface area contributed by atoms with Crippen LogP contribution in [0, 0.1) is 5.82 Å². The van der Waals surface area contributed by atoms with Gasteiger partial charge in [0.25, 0.3) is 0 Å². The smallest absolute Gasteiger partial charge is 0.147 e. The van der Waals surface area contributed by atoms with Gasteiger partial charge in [-0.25, -0.2) is 4.39 Å². The number of aryl methyl sites for hydroxylation is 1. The van der Waals surface area contributed by atoms with Crippen molar-refractivity contribution in [2.45, 2.75) is 6.42 Å². The van der Waals surface area contributed by atoms with Crippen molar-refractivity contribution < 1.29 is 4.39 Å². The predicted octanol–water partition coefficient (Wildman–Crippen LogP) is 3.24. The van der Waals surface area contributed by atoms with Gasteiger partial charge in [-0.3, -0.25) is 0 Å². The second-order valence-electron chi connectivity index (χ2n) is 2.92. The molecule has 2 aromatic rings. The molecule has 0 spiro atoms. The van der Waals surface area contributed by atoms with E-state index in [1.54, 1.807) is 6.07 Å². The van der Waals surface area contributed by atoms with Crippen molar-refractivity contribution in [1.29, 1.82) is 0 Å². The van der Waals surface area contributed by atoms with E-state index < -0.39 is 0 Å². The molecule has 1 aromatic heterocycles. The van der Waals surface area contributed by atoms with E-state index in [4.69, 9.17) is 0 Å². The second kappa shape index (κ2) is 3.50. The first kappa shape index (κ1) is 8.75. The number of H-pyrrole nitrogens is 1. The molecule has 0 saturated heterocycles. The number of aromatic nitrogens is 1. The number of nitrogens with one attached hydrogen (secondary N) is 1. The van der Waals surface area contributed by atoms with Crippen LogP contribution in [0.25, 0.3) is 10.9 Å². The Morgan fingerprint density at radius 3 is 3.00 bits per heavy atom. The largest absolute Gasteiger partial charge is 0.359 e. The maximum Gasteiger partial charge on any atom is 0.147 e. The number of alkyl halides is 1. The number of aromatic amines is 1. The number of para-hydroxylation sites is 1. The van der Waals surface area contributed by atoms with Gasteiger partial charge < -0.3 is 4.98 Å². The minimum atomic E-state index is -0.182. The van der Waals surface area contributed by atoms with E-state index in [-0.39, 0.29) is 5.82 Å². The monoisotopic (exact) mass is 241 g/mol. The lowest BCUT2D eigenvalue weighted by molar-refractivity contribution is 0.637. The van der Waals surface area contributed by atoms with Gasteiger partial charge in [0.2, 0.25) is 0 Å². The molecule has 0 radical (unpaired) electrons. The highest BCUT2D eigenvalue weighted by Crippen LogP contribution is 2.21. The Bertz CT molecular complexity index is 422. The summed E-state index contributed by atoms with van der Waals surface area (Å²) in [5.74, 6) is -0.182. The van der Waals surface area contributed by atoms with Crippen LogP contribution in [-0.4, -0.2) is 10.3 Å². The third-order valence-electron chi connectivity index (χ3n) is 2.11. The van der Waals surface area contributed by atoms with Crippen LogP contribution in [0.2, 0.25) is 0 Å². The highest BCUT2D eigenvalue weighted by atomic mass is 79.9. The molecule has 0 aliphatic heterocycles. The molecule has 3 heteroatoms. The van der Waals surface area contributed by atoms with E-state index in [2.05, 4.69) is 20.9 Å². The van der Waals surface area contributed by atoms with Gasteiger partial charge in [0.1, 0.15) is 5.82 Å². The molecule has 1 nitrogen and oxygen atoms in total. The summed E-state index contributed by atoms with van der Waals surface area (Å²) in [6.07, 6.45) is 2.79. The van der Waals surface area contributed by atoms with Crippen molar-refractivity contribution in [3.8, 4) is 0 Å². The fourth-order valence-electron chi connectivity index (χ4n) is 1.48. The molecule has 1 N–H and O–H groups in total. The summed E-state index contributed by atoms with van der Waals surface area (Å²) in [6, 6.07) is 5.15. The fraction of sp³-hybridized carbons (Fsp3) is 0.200. The lowest BCUT2D eigenvalue weighted by atomic mass is 10.1. The van der Waals surface area contributed by atoms with E-state index in [1.165, 1.54) is 6.07 Å². The summed E-state index contributed by atoms with van der Waals surface area (Å²) < 4.78 is 13.2. The Morgan fingerprint density at radius 1 is 1.38 bits per heavy atom. The van der Waals surface area contributed by atoms with Crippen molar-refractivity contribution in [2.75, 3.05) is 5.33 Å². The van der Waals surface area contributed by atoms with Crippen LogP contribution in [0.4, 0.5) is 4.39 Å². The molecular weight excluding hydrogens is 233 g/mol. The molecule has 0 unspecified atom stereocenters. The molecule has 0 amide bonds. The maximum atomic E-state index is 13.2. The summed E-state index contributed by atoms with van der Waals surface area (Å²) in [5, 5.41) is 1.88. The van der Waals surface area contributed by atoms with Crippen molar-refractivity contribution >= 4 is 26.8 Å². The van der Waals surface area contributed by atoms with Crippen LogP contribution >= 0.6 is 15.9 Å². The standard InChI is InChI=1S/C10H9BrFN/c11-5-4-7-6-13-10-8(7)2-1-3-9(10)12/h1-3,6,13H,4-5H2. The number of halogens is 2. The zero-order valence-corrected chi connectivity index (χ0v) is 8.57. The lowest BCUT2D eigenvalue weighted by Gasteiger charge is -1.94. The van der Waals surface area contributed by atoms with Gasteiger partial charge in [0.05, 0.1) is 5.52 Å². The number of hydrogen-bond acceptors (Lipinski definition) is 0. The van der Waals surface area contributed by atoms with E-state index in [0.717, 1.165) is 22.7 Å². The lowest BCUT2D eigenvalue weighted by Crippen LogP contribution is -1.82. The van der Waals surface area contributed by atoms with E-state index in [9.17, 15) is 4.39 Å². The van der Waals surface area contributed by atoms with E-state index in [1.807, 2.05) is 12.3 Å². The first-order chi connectivity index (χ1) is 6.33. The molecule has 1 aromatic carbocycles. The van der Waals surface area contributed by atoms with Crippen molar-refractivity contribution in [3.63, 3.8) is 0 Å². The van der Waals surface area contributed by atoms with Gasteiger partial charge in [-0.1, -0.05) is 28.1 Å². The van der Waals surface area contributed by atoms with Crippen molar-refractivity contribution in [3.05, 3.63) is 35.8 Å². The van der Waals surface area contributed by atoms with Crippen LogP contribution in [0.1, 0.15) is 5.56 Å². The molecule has 0 aliphatic rings. The number of benzene rings is 1. The third-order valence-corrected chi connectivity index (χ3v) is 2.51. The Hall–Kier alpha value is -0.830. The van der Waals surface area contributed by atoms with Crippen LogP contribution in [0.5, 0.6) is 0 Å². The first-order valence-electron chi connectivity index (χ1n) is 4.13. The van der Waals surface area contributed by atoms with E-state index >= 15 is 0 Å². The number of hydrogen-bond donors (Lipinski definition) is 1. The Kier molecular flexibility index (Phi) is 2.36. The quantitative estimate of drug-likeness (QED) is 0.778. The highest BCUT2D eigenvalue weighted by Gasteiger charge is 2.05. The van der Waals surface area contributed by atoms with Gasteiger partial charge >= 0.3 is 0 Å². The van der Waals surface area contributed by atoms with Gasteiger partial charge in [0, 0.05) is 16.9 Å². The highest BCUT2D eigenvalue weighted by molar-refractivity contribution is 9.09. The minimum absolute atomic E-state index is 0.182. The number of fused-ring (bicyclic) bond motifs is 1. The topological polar surface area (TPSA) is 15.8 Å². The molecule has 0 saturated carbocycles. The summed E-state index contributed by atoms with van der Waals surface area (Å²) in [7, 11) is 0. The molecule has 0 atom stereocenters. The Balaban J connectivity index is 2.61. The van der Waals surface area contributed by atoms with E-state index in [0.29, 0.717) is 5.52 Å². The van der Waals surface area contributed by atoms with Crippen LogP contribution in [0.3, 0.4) is 0 Å². The second-order valence-corrected chi connectivity index (χ2v) is 3.71. The molecule has 0 aliphatic carbocycles. The molecule has 68 valence electrons. The van der Waals surface area contributed by atoms with Crippen LogP contribution in [0.15, 0.2) is 24.4 Å². The van der Waals surface area contributed by atoms with Crippen molar-refractivity contribution in [2.24, 2.45) is 0 Å². The molecular formula is C10H9BrFN. The van der Waals surface area contributed by atoms with Crippen molar-refractivity contribution in [1.82, 2.24) is 4.98 Å². The van der Waals surface area contributed by atoms with Gasteiger partial charge in [-0.2, -0.15) is 0 Å².